The highest BCUT2D eigenvalue weighted by Crippen LogP contribution is 2.39. The molecule has 0 aromatic heterocycles. The summed E-state index contributed by atoms with van der Waals surface area (Å²) in [6, 6.07) is 9.25. The van der Waals surface area contributed by atoms with Crippen LogP contribution in [0.15, 0.2) is 42.2 Å². The van der Waals surface area contributed by atoms with E-state index in [1.165, 1.54) is 0 Å². The summed E-state index contributed by atoms with van der Waals surface area (Å²) in [5.74, 6) is -1.42. The van der Waals surface area contributed by atoms with Crippen LogP contribution >= 0.6 is 0 Å². The summed E-state index contributed by atoms with van der Waals surface area (Å²) in [6.07, 6.45) is 2.97. The summed E-state index contributed by atoms with van der Waals surface area (Å²) in [7, 11) is 0. The Morgan fingerprint density at radius 2 is 1.95 bits per heavy atom. The topological polar surface area (TPSA) is 83.8 Å². The van der Waals surface area contributed by atoms with E-state index < -0.39 is 17.5 Å². The molecule has 1 aliphatic rings. The molecule has 2 rings (SSSR count). The van der Waals surface area contributed by atoms with Gasteiger partial charge < -0.3 is 14.9 Å². The highest BCUT2D eigenvalue weighted by Gasteiger charge is 2.39. The number of aliphatic hydroxyl groups excluding tert-OH is 1. The number of hydrogen-bond donors (Lipinski definition) is 2. The number of carboxylic acids is 1. The van der Waals surface area contributed by atoms with Gasteiger partial charge in [-0.25, -0.2) is 4.79 Å². The van der Waals surface area contributed by atoms with Crippen molar-refractivity contribution in [3.8, 4) is 0 Å². The van der Waals surface area contributed by atoms with Gasteiger partial charge in [0.2, 0.25) is 0 Å². The Kier molecular flexibility index (Phi) is 4.62. The van der Waals surface area contributed by atoms with Crippen molar-refractivity contribution in [3.05, 3.63) is 47.7 Å². The first-order valence-electron chi connectivity index (χ1n) is 6.92. The van der Waals surface area contributed by atoms with Crippen molar-refractivity contribution in [2.24, 2.45) is 0 Å². The van der Waals surface area contributed by atoms with E-state index in [2.05, 4.69) is 0 Å². The van der Waals surface area contributed by atoms with Crippen LogP contribution in [-0.2, 0) is 19.9 Å². The van der Waals surface area contributed by atoms with E-state index in [0.29, 0.717) is 19.3 Å². The van der Waals surface area contributed by atoms with Crippen LogP contribution in [0.1, 0.15) is 37.7 Å². The van der Waals surface area contributed by atoms with Crippen LogP contribution in [0.3, 0.4) is 0 Å². The number of aliphatic hydroxyl groups is 1. The van der Waals surface area contributed by atoms with Gasteiger partial charge in [0.25, 0.3) is 0 Å². The minimum Gasteiger partial charge on any atom is -0.512 e. The number of rotatable bonds is 6. The molecule has 0 saturated carbocycles. The number of carboxylic acid groups (broad SMARTS) is 1. The molecule has 0 fully saturated rings. The van der Waals surface area contributed by atoms with Crippen molar-refractivity contribution in [3.63, 3.8) is 0 Å². The van der Waals surface area contributed by atoms with Crippen molar-refractivity contribution in [2.45, 2.75) is 37.7 Å². The van der Waals surface area contributed by atoms with Crippen molar-refractivity contribution < 1.29 is 24.5 Å². The molecule has 21 heavy (non-hydrogen) atoms. The van der Waals surface area contributed by atoms with E-state index in [4.69, 9.17) is 9.84 Å². The smallest absolute Gasteiger partial charge is 0.335 e. The lowest BCUT2D eigenvalue weighted by molar-refractivity contribution is -0.160. The lowest BCUT2D eigenvalue weighted by Crippen LogP contribution is -2.35. The molecule has 1 unspecified atom stereocenters. The minimum absolute atomic E-state index is 0.00617. The maximum absolute atomic E-state index is 11.7. The van der Waals surface area contributed by atoms with Crippen molar-refractivity contribution >= 4 is 11.9 Å². The van der Waals surface area contributed by atoms with Crippen LogP contribution in [0.25, 0.3) is 0 Å². The molecular weight excluding hydrogens is 272 g/mol. The van der Waals surface area contributed by atoms with Gasteiger partial charge in [-0.15, -0.1) is 0 Å². The Morgan fingerprint density at radius 1 is 1.24 bits per heavy atom. The zero-order valence-corrected chi connectivity index (χ0v) is 11.6. The molecule has 1 aromatic carbocycles. The molecule has 1 atom stereocenters. The van der Waals surface area contributed by atoms with Crippen LogP contribution in [0.5, 0.6) is 0 Å². The molecule has 112 valence electrons. The first kappa shape index (κ1) is 15.1. The molecule has 1 aliphatic heterocycles. The fourth-order valence-corrected chi connectivity index (χ4v) is 2.61. The van der Waals surface area contributed by atoms with Crippen molar-refractivity contribution in [2.75, 3.05) is 0 Å². The average Bonchev–Trinajstić information content (AvgIpc) is 2.43. The normalized spacial score (nSPS) is 21.5. The van der Waals surface area contributed by atoms with E-state index >= 15 is 0 Å². The second-order valence-electron chi connectivity index (χ2n) is 5.19. The van der Waals surface area contributed by atoms with Crippen LogP contribution in [0.2, 0.25) is 0 Å². The molecule has 0 aliphatic carbocycles. The van der Waals surface area contributed by atoms with Crippen molar-refractivity contribution in [1.82, 2.24) is 0 Å². The second-order valence-corrected chi connectivity index (χ2v) is 5.19. The third kappa shape index (κ3) is 3.84. The Bertz CT molecular complexity index is 549. The number of benzene rings is 1. The van der Waals surface area contributed by atoms with Gasteiger partial charge in [0.15, 0.2) is 0 Å². The number of carbonyl (C=O) groups excluding carboxylic acids is 1. The zero-order valence-electron chi connectivity index (χ0n) is 11.6. The van der Waals surface area contributed by atoms with Gasteiger partial charge in [0, 0.05) is 12.8 Å². The van der Waals surface area contributed by atoms with Gasteiger partial charge in [-0.05, 0) is 24.8 Å². The fourth-order valence-electron chi connectivity index (χ4n) is 2.61. The predicted molar refractivity (Wildman–Crippen MR) is 75.6 cm³/mol. The first-order chi connectivity index (χ1) is 10.0. The predicted octanol–water partition coefficient (Wildman–Crippen LogP) is 2.92. The quantitative estimate of drug-likeness (QED) is 0.621. The van der Waals surface area contributed by atoms with E-state index in [-0.39, 0.29) is 18.6 Å². The van der Waals surface area contributed by atoms with E-state index in [1.54, 1.807) is 0 Å². The van der Waals surface area contributed by atoms with Gasteiger partial charge in [-0.2, -0.15) is 0 Å². The molecule has 0 spiro atoms. The lowest BCUT2D eigenvalue weighted by atomic mass is 9.83. The summed E-state index contributed by atoms with van der Waals surface area (Å²) in [6.45, 7) is 0. The SMILES string of the molecule is O=C(O)CCCCC1(c2ccccc2)CC(O)=CC(=O)O1. The summed E-state index contributed by atoms with van der Waals surface area (Å²) < 4.78 is 5.51. The maximum atomic E-state index is 11.7. The number of unbranched alkanes of at least 4 members (excludes halogenated alkanes) is 1. The summed E-state index contributed by atoms with van der Waals surface area (Å²) >= 11 is 0. The number of cyclic esters (lactones) is 1. The molecule has 0 amide bonds. The van der Waals surface area contributed by atoms with Crippen LogP contribution in [-0.4, -0.2) is 22.2 Å². The Labute approximate surface area is 122 Å². The summed E-state index contributed by atoms with van der Waals surface area (Å²) in [5, 5.41) is 18.5. The number of aliphatic carboxylic acids is 1. The largest absolute Gasteiger partial charge is 0.512 e. The van der Waals surface area contributed by atoms with Crippen molar-refractivity contribution in [1.29, 1.82) is 0 Å². The minimum atomic E-state index is -0.907. The summed E-state index contributed by atoms with van der Waals surface area (Å²) in [5.41, 5.74) is -0.0938. The molecule has 5 nitrogen and oxygen atoms in total. The van der Waals surface area contributed by atoms with Gasteiger partial charge in [0.05, 0.1) is 6.08 Å². The second kappa shape index (κ2) is 6.43. The third-order valence-corrected chi connectivity index (χ3v) is 3.57. The van der Waals surface area contributed by atoms with E-state index in [0.717, 1.165) is 11.6 Å². The van der Waals surface area contributed by atoms with E-state index in [1.807, 2.05) is 30.3 Å². The van der Waals surface area contributed by atoms with Gasteiger partial charge in [-0.3, -0.25) is 4.79 Å². The summed E-state index contributed by atoms with van der Waals surface area (Å²) in [4.78, 5) is 22.2. The Balaban J connectivity index is 2.17. The standard InChI is InChI=1S/C16H18O5/c17-13-10-15(20)21-16(11-13,9-5-4-8-14(18)19)12-6-2-1-3-7-12/h1-3,6-7,10,17H,4-5,8-9,11H2,(H,18,19). The maximum Gasteiger partial charge on any atom is 0.335 e. The van der Waals surface area contributed by atoms with Gasteiger partial charge in [0.1, 0.15) is 11.4 Å². The molecule has 1 heterocycles. The number of esters is 1. The molecule has 0 bridgehead atoms. The highest BCUT2D eigenvalue weighted by molar-refractivity contribution is 5.84. The number of carbonyl (C=O) groups is 2. The number of ether oxygens (including phenoxy) is 1. The molecule has 2 N–H and O–H groups in total. The monoisotopic (exact) mass is 290 g/mol. The Morgan fingerprint density at radius 3 is 2.57 bits per heavy atom. The molecule has 5 heteroatoms. The van der Waals surface area contributed by atoms with Crippen LogP contribution in [0.4, 0.5) is 0 Å². The van der Waals surface area contributed by atoms with Crippen LogP contribution < -0.4 is 0 Å². The third-order valence-electron chi connectivity index (χ3n) is 3.57. The van der Waals surface area contributed by atoms with Crippen LogP contribution in [0, 0.1) is 0 Å². The fraction of sp³-hybridized carbons (Fsp3) is 0.375. The molecule has 0 saturated heterocycles. The highest BCUT2D eigenvalue weighted by atomic mass is 16.6. The molecule has 0 radical (unpaired) electrons. The number of hydrogen-bond acceptors (Lipinski definition) is 4. The first-order valence-corrected chi connectivity index (χ1v) is 6.92. The Hall–Kier alpha value is -2.30. The lowest BCUT2D eigenvalue weighted by Gasteiger charge is -2.36. The van der Waals surface area contributed by atoms with Gasteiger partial charge in [-0.1, -0.05) is 30.3 Å². The van der Waals surface area contributed by atoms with E-state index in [9.17, 15) is 14.7 Å². The molecule has 1 aromatic rings. The zero-order chi connectivity index (χ0) is 15.3. The van der Waals surface area contributed by atoms with Gasteiger partial charge >= 0.3 is 11.9 Å². The average molecular weight is 290 g/mol. The molecular formula is C16H18O5.